The number of fused-ring (bicyclic) bond motifs is 1. The average molecular weight is 627 g/mol. The second-order valence-corrected chi connectivity index (χ2v) is 9.46. The van der Waals surface area contributed by atoms with Crippen LogP contribution in [0.2, 0.25) is 0 Å². The summed E-state index contributed by atoms with van der Waals surface area (Å²) >= 11 is 0. The van der Waals surface area contributed by atoms with E-state index in [0.29, 0.717) is 28.0 Å². The molecule has 5 rings (SSSR count). The molecule has 0 saturated carbocycles. The monoisotopic (exact) mass is 626 g/mol. The third-order valence-electron chi connectivity index (χ3n) is 6.46. The molecule has 2 heterocycles. The molecule has 5 aromatic rings. The summed E-state index contributed by atoms with van der Waals surface area (Å²) in [4.78, 5) is 72.8. The first-order valence-electron chi connectivity index (χ1n) is 13.5. The zero-order chi connectivity index (χ0) is 33.2. The van der Waals surface area contributed by atoms with Gasteiger partial charge in [0.25, 0.3) is 11.2 Å². The highest BCUT2D eigenvalue weighted by atomic mass is 16.6. The molecule has 0 radical (unpaired) electrons. The van der Waals surface area contributed by atoms with Crippen LogP contribution in [0.15, 0.2) is 95.9 Å². The van der Waals surface area contributed by atoms with Crippen molar-refractivity contribution in [3.8, 4) is 11.3 Å². The Bertz CT molecular complexity index is 1940. The lowest BCUT2D eigenvalue weighted by Gasteiger charge is -2.05. The fraction of sp³-hybridized carbons (Fsp3) is 0.125. The summed E-state index contributed by atoms with van der Waals surface area (Å²) in [7, 11) is 2.58. The molecule has 234 valence electrons. The van der Waals surface area contributed by atoms with E-state index in [0.717, 1.165) is 5.56 Å². The lowest BCUT2D eigenvalue weighted by Crippen LogP contribution is -2.14. The molecule has 0 atom stereocenters. The number of rotatable bonds is 9. The fourth-order valence-electron chi connectivity index (χ4n) is 4.04. The van der Waals surface area contributed by atoms with Crippen molar-refractivity contribution in [3.63, 3.8) is 0 Å². The van der Waals surface area contributed by atoms with Crippen LogP contribution in [0.25, 0.3) is 16.9 Å². The van der Waals surface area contributed by atoms with E-state index in [2.05, 4.69) is 19.6 Å². The minimum Gasteiger partial charge on any atom is -0.465 e. The number of aromatic nitrogens is 3. The first-order valence-corrected chi connectivity index (χ1v) is 13.5. The predicted molar refractivity (Wildman–Crippen MR) is 162 cm³/mol. The number of hydrogen-bond donors (Lipinski definition) is 1. The number of hydrogen-bond acceptors (Lipinski definition) is 11. The van der Waals surface area contributed by atoms with Crippen LogP contribution in [0.4, 0.5) is 5.69 Å². The standard InChI is InChI=1S/C18H15NO7.C14H11N3O3/c1-25-18(22)14-6-4-13(5-7-14)16(20)10-17(21)26-11-12-2-8-15(9-3-12)19(23)24;1-20-14(19)10-4-2-9(3-5-10)11-8-13(18)17-12(16-11)6-7-15-17/h2-9H,10-11H2,1H3;2-8,15H,1H3. The third-order valence-corrected chi connectivity index (χ3v) is 6.46. The number of methoxy groups -OCH3 is 2. The average Bonchev–Trinajstić information content (AvgIpc) is 3.57. The van der Waals surface area contributed by atoms with Crippen LogP contribution < -0.4 is 5.56 Å². The van der Waals surface area contributed by atoms with Crippen molar-refractivity contribution in [1.29, 1.82) is 0 Å². The second kappa shape index (κ2) is 14.8. The molecule has 1 N–H and O–H groups in total. The van der Waals surface area contributed by atoms with Gasteiger partial charge in [0.2, 0.25) is 0 Å². The predicted octanol–water partition coefficient (Wildman–Crippen LogP) is 4.17. The van der Waals surface area contributed by atoms with Gasteiger partial charge >= 0.3 is 17.9 Å². The number of benzene rings is 3. The SMILES string of the molecule is COC(=O)c1ccc(-c2cc(=O)n3[nH]ccc3n2)cc1.COC(=O)c1ccc(C(=O)CC(=O)OCc2ccc([N+](=O)[O-])cc2)cc1. The van der Waals surface area contributed by atoms with Crippen LogP contribution in [-0.4, -0.2) is 57.4 Å². The summed E-state index contributed by atoms with van der Waals surface area (Å²) in [6.07, 6.45) is 1.19. The highest BCUT2D eigenvalue weighted by Crippen LogP contribution is 2.18. The Kier molecular flexibility index (Phi) is 10.5. The van der Waals surface area contributed by atoms with Crippen molar-refractivity contribution >= 4 is 35.0 Å². The summed E-state index contributed by atoms with van der Waals surface area (Å²) in [6, 6.07) is 21.2. The molecule has 0 unspecified atom stereocenters. The Labute approximate surface area is 260 Å². The Morgan fingerprint density at radius 3 is 1.96 bits per heavy atom. The van der Waals surface area contributed by atoms with Gasteiger partial charge < -0.3 is 14.2 Å². The van der Waals surface area contributed by atoms with Crippen LogP contribution in [0.5, 0.6) is 0 Å². The van der Waals surface area contributed by atoms with Gasteiger partial charge in [-0.25, -0.2) is 19.1 Å². The number of nitro groups is 1. The number of nitro benzene ring substituents is 1. The van der Waals surface area contributed by atoms with Crippen molar-refractivity contribution in [1.82, 2.24) is 14.6 Å². The molecule has 2 aromatic heterocycles. The number of carbonyl (C=O) groups excluding carboxylic acids is 4. The summed E-state index contributed by atoms with van der Waals surface area (Å²) in [6.45, 7) is -0.0919. The number of esters is 3. The minimum atomic E-state index is -0.717. The molecule has 0 saturated heterocycles. The maximum atomic E-state index is 12.0. The third kappa shape index (κ3) is 8.13. The lowest BCUT2D eigenvalue weighted by molar-refractivity contribution is -0.384. The maximum Gasteiger partial charge on any atom is 0.337 e. The summed E-state index contributed by atoms with van der Waals surface area (Å²) in [5.41, 5.74) is 3.20. The molecular weight excluding hydrogens is 600 g/mol. The number of Topliss-reactive ketones (excluding diaryl/α,β-unsaturated/α-hetero) is 1. The molecule has 0 aliphatic carbocycles. The topological polar surface area (TPSA) is 189 Å². The van der Waals surface area contributed by atoms with E-state index in [4.69, 9.17) is 4.74 Å². The molecule has 3 aromatic carbocycles. The van der Waals surface area contributed by atoms with Gasteiger partial charge in [-0.1, -0.05) is 24.3 Å². The molecule has 0 spiro atoms. The van der Waals surface area contributed by atoms with E-state index in [9.17, 15) is 34.1 Å². The van der Waals surface area contributed by atoms with Crippen molar-refractivity contribution < 1.29 is 38.3 Å². The van der Waals surface area contributed by atoms with Gasteiger partial charge in [0, 0.05) is 41.6 Å². The van der Waals surface area contributed by atoms with Gasteiger partial charge in [0.1, 0.15) is 13.0 Å². The molecule has 46 heavy (non-hydrogen) atoms. The highest BCUT2D eigenvalue weighted by molar-refractivity contribution is 6.06. The Hall–Kier alpha value is -6.44. The fourth-order valence-corrected chi connectivity index (χ4v) is 4.04. The number of H-pyrrole nitrogens is 1. The molecule has 0 amide bonds. The van der Waals surface area contributed by atoms with E-state index in [1.807, 2.05) is 0 Å². The van der Waals surface area contributed by atoms with Crippen molar-refractivity contribution in [2.75, 3.05) is 14.2 Å². The van der Waals surface area contributed by atoms with Crippen LogP contribution in [0.1, 0.15) is 43.1 Å². The van der Waals surface area contributed by atoms with Crippen LogP contribution in [0.3, 0.4) is 0 Å². The van der Waals surface area contributed by atoms with Crippen LogP contribution >= 0.6 is 0 Å². The number of nitrogens with one attached hydrogen (secondary N) is 1. The molecule has 0 aliphatic heterocycles. The van der Waals surface area contributed by atoms with Crippen LogP contribution in [-0.2, 0) is 25.6 Å². The number of ether oxygens (including phenoxy) is 3. The second-order valence-electron chi connectivity index (χ2n) is 9.46. The number of non-ortho nitro benzene ring substituents is 1. The van der Waals surface area contributed by atoms with Gasteiger partial charge in [-0.15, -0.1) is 0 Å². The number of aromatic amines is 1. The van der Waals surface area contributed by atoms with E-state index < -0.39 is 35.0 Å². The van der Waals surface area contributed by atoms with E-state index >= 15 is 0 Å². The Morgan fingerprint density at radius 2 is 1.39 bits per heavy atom. The first-order chi connectivity index (χ1) is 22.1. The van der Waals surface area contributed by atoms with Crippen LogP contribution in [0, 0.1) is 10.1 Å². The number of nitrogens with zero attached hydrogens (tertiary/aromatic N) is 3. The number of ketones is 1. The number of carbonyl (C=O) groups is 4. The zero-order valence-electron chi connectivity index (χ0n) is 24.5. The molecule has 0 aliphatic rings. The van der Waals surface area contributed by atoms with Gasteiger partial charge in [0.05, 0.1) is 36.0 Å². The smallest absolute Gasteiger partial charge is 0.337 e. The molecule has 0 bridgehead atoms. The normalized spacial score (nSPS) is 10.3. The van der Waals surface area contributed by atoms with Gasteiger partial charge in [-0.05, 0) is 42.0 Å². The van der Waals surface area contributed by atoms with Crippen molar-refractivity contribution in [2.45, 2.75) is 13.0 Å². The maximum absolute atomic E-state index is 12.0. The molecule has 14 nitrogen and oxygen atoms in total. The molecular formula is C32H26N4O10. The summed E-state index contributed by atoms with van der Waals surface area (Å²) < 4.78 is 15.5. The Balaban J connectivity index is 0.000000215. The molecule has 0 fully saturated rings. The minimum absolute atomic E-state index is 0.0642. The van der Waals surface area contributed by atoms with Gasteiger partial charge in [-0.2, -0.15) is 0 Å². The van der Waals surface area contributed by atoms with Gasteiger partial charge in [-0.3, -0.25) is 29.6 Å². The quantitative estimate of drug-likeness (QED) is 0.0617. The van der Waals surface area contributed by atoms with Crippen molar-refractivity contribution in [2.24, 2.45) is 0 Å². The molecule has 14 heteroatoms. The van der Waals surface area contributed by atoms with E-state index in [-0.39, 0.29) is 23.4 Å². The first kappa shape index (κ1) is 32.5. The Morgan fingerprint density at radius 1 is 0.826 bits per heavy atom. The largest absolute Gasteiger partial charge is 0.465 e. The zero-order valence-corrected chi connectivity index (χ0v) is 24.5. The van der Waals surface area contributed by atoms with Gasteiger partial charge in [0.15, 0.2) is 11.4 Å². The van der Waals surface area contributed by atoms with E-state index in [1.54, 1.807) is 36.5 Å². The lowest BCUT2D eigenvalue weighted by atomic mass is 10.1. The van der Waals surface area contributed by atoms with Crippen molar-refractivity contribution in [3.05, 3.63) is 134 Å². The summed E-state index contributed by atoms with van der Waals surface area (Å²) in [5.74, 6) is -2.09. The van der Waals surface area contributed by atoms with E-state index in [1.165, 1.54) is 73.3 Å². The highest BCUT2D eigenvalue weighted by Gasteiger charge is 2.15. The summed E-state index contributed by atoms with van der Waals surface area (Å²) in [5, 5.41) is 13.3.